The van der Waals surface area contributed by atoms with Crippen molar-refractivity contribution in [3.05, 3.63) is 22.2 Å². The minimum absolute atomic E-state index is 0.480. The third kappa shape index (κ3) is 3.90. The molecule has 0 spiro atoms. The second-order valence-corrected chi connectivity index (χ2v) is 5.91. The van der Waals surface area contributed by atoms with E-state index in [-0.39, 0.29) is 0 Å². The summed E-state index contributed by atoms with van der Waals surface area (Å²) in [5.41, 5.74) is -0.686. The molecule has 0 amide bonds. The third-order valence-electron chi connectivity index (χ3n) is 2.05. The fraction of sp³-hybridized carbons (Fsp3) is 0.333. The highest BCUT2D eigenvalue weighted by molar-refractivity contribution is 8.13. The molecule has 0 radical (unpaired) electrons. The molecular formula is C9H8ClF2NO6S. The van der Waals surface area contributed by atoms with Gasteiger partial charge in [-0.05, 0) is 0 Å². The molecular weight excluding hydrogens is 324 g/mol. The van der Waals surface area contributed by atoms with Crippen molar-refractivity contribution in [3.8, 4) is 11.5 Å². The lowest BCUT2D eigenvalue weighted by atomic mass is 10.3. The highest BCUT2D eigenvalue weighted by Crippen LogP contribution is 2.39. The predicted molar refractivity (Wildman–Crippen MR) is 64.2 cm³/mol. The molecule has 1 rings (SSSR count). The lowest BCUT2D eigenvalue weighted by Gasteiger charge is -2.12. The Kier molecular flexibility index (Phi) is 5.06. The van der Waals surface area contributed by atoms with Gasteiger partial charge >= 0.3 is 0 Å². The van der Waals surface area contributed by atoms with Crippen LogP contribution in [-0.4, -0.2) is 33.5 Å². The van der Waals surface area contributed by atoms with Crippen molar-refractivity contribution in [2.75, 3.05) is 13.7 Å². The molecule has 1 aromatic rings. The molecule has 0 bridgehead atoms. The molecule has 0 saturated heterocycles. The molecule has 0 atom stereocenters. The summed E-state index contributed by atoms with van der Waals surface area (Å²) in [6, 6.07) is 1.42. The van der Waals surface area contributed by atoms with Gasteiger partial charge in [0.05, 0.1) is 18.1 Å². The number of halogens is 3. The normalized spacial score (nSPS) is 11.4. The number of hydrogen-bond acceptors (Lipinski definition) is 6. The number of methoxy groups -OCH3 is 1. The van der Waals surface area contributed by atoms with Crippen molar-refractivity contribution in [2.24, 2.45) is 0 Å². The maximum Gasteiger partial charge on any atom is 0.274 e. The lowest BCUT2D eigenvalue weighted by molar-refractivity contribution is -0.385. The number of ether oxygens (including phenoxy) is 2. The van der Waals surface area contributed by atoms with E-state index in [1.54, 1.807) is 0 Å². The molecule has 0 fully saturated rings. The van der Waals surface area contributed by atoms with Crippen LogP contribution in [0.4, 0.5) is 14.5 Å². The van der Waals surface area contributed by atoms with E-state index in [1.165, 1.54) is 0 Å². The highest BCUT2D eigenvalue weighted by Gasteiger charge is 2.26. The fourth-order valence-corrected chi connectivity index (χ4v) is 2.32. The molecule has 11 heteroatoms. The number of nitro benzene ring substituents is 1. The Morgan fingerprint density at radius 2 is 2.05 bits per heavy atom. The second-order valence-electron chi connectivity index (χ2n) is 3.37. The van der Waals surface area contributed by atoms with Crippen LogP contribution in [-0.2, 0) is 9.05 Å². The number of benzene rings is 1. The average molecular weight is 332 g/mol. The summed E-state index contributed by atoms with van der Waals surface area (Å²) in [7, 11) is 1.78. The average Bonchev–Trinajstić information content (AvgIpc) is 2.33. The maximum absolute atomic E-state index is 12.1. The standard InChI is InChI=1S/C9H8ClF2NO6S/c1-18-9-6(19-4-8(11)12)2-5(13(14)15)3-7(9)20(10,16)17/h2-3,8H,4H2,1H3. The van der Waals surface area contributed by atoms with Crippen LogP contribution < -0.4 is 9.47 Å². The molecule has 7 nitrogen and oxygen atoms in total. The van der Waals surface area contributed by atoms with Gasteiger partial charge in [0.2, 0.25) is 0 Å². The Balaban J connectivity index is 3.47. The molecule has 1 aromatic carbocycles. The zero-order chi connectivity index (χ0) is 15.5. The zero-order valence-corrected chi connectivity index (χ0v) is 11.5. The van der Waals surface area contributed by atoms with Gasteiger partial charge in [-0.25, -0.2) is 17.2 Å². The van der Waals surface area contributed by atoms with E-state index in [0.29, 0.717) is 6.07 Å². The van der Waals surface area contributed by atoms with E-state index in [4.69, 9.17) is 15.4 Å². The Hall–Kier alpha value is -1.68. The predicted octanol–water partition coefficient (Wildman–Crippen LogP) is 2.17. The van der Waals surface area contributed by atoms with Crippen LogP contribution in [0.5, 0.6) is 11.5 Å². The zero-order valence-electron chi connectivity index (χ0n) is 9.88. The summed E-state index contributed by atoms with van der Waals surface area (Å²) in [4.78, 5) is 9.04. The fourth-order valence-electron chi connectivity index (χ4n) is 1.31. The van der Waals surface area contributed by atoms with Crippen molar-refractivity contribution >= 4 is 25.4 Å². The second kappa shape index (κ2) is 6.18. The molecule has 20 heavy (non-hydrogen) atoms. The quantitative estimate of drug-likeness (QED) is 0.450. The maximum atomic E-state index is 12.1. The Morgan fingerprint density at radius 1 is 1.45 bits per heavy atom. The van der Waals surface area contributed by atoms with Crippen molar-refractivity contribution in [1.29, 1.82) is 0 Å². The van der Waals surface area contributed by atoms with Crippen molar-refractivity contribution < 1.29 is 31.6 Å². The van der Waals surface area contributed by atoms with Gasteiger partial charge in [0.1, 0.15) is 11.5 Å². The lowest BCUT2D eigenvalue weighted by Crippen LogP contribution is -2.09. The van der Waals surface area contributed by atoms with Crippen LogP contribution in [0.25, 0.3) is 0 Å². The number of hydrogen-bond donors (Lipinski definition) is 0. The van der Waals surface area contributed by atoms with Gasteiger partial charge in [0.15, 0.2) is 11.5 Å². The molecule has 0 N–H and O–H groups in total. The van der Waals surface area contributed by atoms with Crippen molar-refractivity contribution in [1.82, 2.24) is 0 Å². The first-order valence-corrected chi connectivity index (χ1v) is 7.19. The topological polar surface area (TPSA) is 95.7 Å². The van der Waals surface area contributed by atoms with Gasteiger partial charge in [-0.2, -0.15) is 0 Å². The Labute approximate surface area is 116 Å². The molecule has 0 saturated carbocycles. The van der Waals surface area contributed by atoms with Gasteiger partial charge in [0, 0.05) is 16.7 Å². The first kappa shape index (κ1) is 16.4. The monoisotopic (exact) mass is 331 g/mol. The van der Waals surface area contributed by atoms with E-state index >= 15 is 0 Å². The summed E-state index contributed by atoms with van der Waals surface area (Å²) >= 11 is 0. The Bertz CT molecular complexity index is 621. The molecule has 0 aliphatic rings. The van der Waals surface area contributed by atoms with Crippen molar-refractivity contribution in [3.63, 3.8) is 0 Å². The van der Waals surface area contributed by atoms with Gasteiger partial charge in [-0.15, -0.1) is 0 Å². The molecule has 0 aliphatic carbocycles. The number of non-ortho nitro benzene ring substituents is 1. The first-order chi connectivity index (χ1) is 9.16. The number of rotatable bonds is 6. The minimum Gasteiger partial charge on any atom is -0.492 e. The van der Waals surface area contributed by atoms with Crippen LogP contribution in [0.3, 0.4) is 0 Å². The summed E-state index contributed by atoms with van der Waals surface area (Å²) in [5.74, 6) is -0.993. The highest BCUT2D eigenvalue weighted by atomic mass is 35.7. The van der Waals surface area contributed by atoms with E-state index in [0.717, 1.165) is 13.2 Å². The van der Waals surface area contributed by atoms with Gasteiger partial charge in [0.25, 0.3) is 21.2 Å². The summed E-state index contributed by atoms with van der Waals surface area (Å²) in [5, 5.41) is 10.7. The van der Waals surface area contributed by atoms with Gasteiger partial charge in [-0.1, -0.05) is 0 Å². The van der Waals surface area contributed by atoms with Crippen LogP contribution in [0.2, 0.25) is 0 Å². The van der Waals surface area contributed by atoms with E-state index < -0.39 is 49.1 Å². The minimum atomic E-state index is -4.39. The van der Waals surface area contributed by atoms with E-state index in [1.807, 2.05) is 0 Å². The molecule has 0 heterocycles. The van der Waals surface area contributed by atoms with Crippen LogP contribution in [0.15, 0.2) is 17.0 Å². The Morgan fingerprint density at radius 3 is 2.45 bits per heavy atom. The van der Waals surface area contributed by atoms with Crippen LogP contribution in [0.1, 0.15) is 0 Å². The van der Waals surface area contributed by atoms with Crippen molar-refractivity contribution in [2.45, 2.75) is 11.3 Å². The first-order valence-electron chi connectivity index (χ1n) is 4.89. The number of alkyl halides is 2. The SMILES string of the molecule is COc1c(OCC(F)F)cc([N+](=O)[O-])cc1S(=O)(=O)Cl. The smallest absolute Gasteiger partial charge is 0.274 e. The van der Waals surface area contributed by atoms with Crippen LogP contribution in [0, 0.1) is 10.1 Å². The third-order valence-corrected chi connectivity index (χ3v) is 3.38. The van der Waals surface area contributed by atoms with Gasteiger partial charge in [-0.3, -0.25) is 10.1 Å². The summed E-state index contributed by atoms with van der Waals surface area (Å²) < 4.78 is 56.2. The largest absolute Gasteiger partial charge is 0.492 e. The van der Waals surface area contributed by atoms with Crippen LogP contribution >= 0.6 is 10.7 Å². The molecule has 0 aromatic heterocycles. The molecule has 0 aliphatic heterocycles. The summed E-state index contributed by atoms with van der Waals surface area (Å²) in [6.07, 6.45) is -2.85. The number of nitrogens with zero attached hydrogens (tertiary/aromatic N) is 1. The van der Waals surface area contributed by atoms with E-state index in [2.05, 4.69) is 4.74 Å². The molecule has 112 valence electrons. The molecule has 0 unspecified atom stereocenters. The van der Waals surface area contributed by atoms with Gasteiger partial charge < -0.3 is 9.47 Å². The summed E-state index contributed by atoms with van der Waals surface area (Å²) in [6.45, 7) is -1.08. The van der Waals surface area contributed by atoms with E-state index in [9.17, 15) is 27.3 Å². The number of nitro groups is 1.